The van der Waals surface area contributed by atoms with Crippen molar-refractivity contribution in [1.29, 1.82) is 0 Å². The third-order valence-electron chi connectivity index (χ3n) is 7.62. The van der Waals surface area contributed by atoms with Gasteiger partial charge >= 0.3 is 0 Å². The normalized spacial score (nSPS) is 15.1. The van der Waals surface area contributed by atoms with Crippen LogP contribution in [-0.2, 0) is 13.1 Å². The molecule has 4 aromatic rings. The molecule has 5 rings (SSSR count). The second-order valence-electron chi connectivity index (χ2n) is 10.2. The molecule has 2 aromatic heterocycles. The summed E-state index contributed by atoms with van der Waals surface area (Å²) in [7, 11) is 1.69. The van der Waals surface area contributed by atoms with Crippen molar-refractivity contribution in [3.63, 3.8) is 0 Å². The van der Waals surface area contributed by atoms with Crippen LogP contribution in [0.2, 0.25) is 0 Å². The second-order valence-corrected chi connectivity index (χ2v) is 10.2. The van der Waals surface area contributed by atoms with Crippen molar-refractivity contribution in [2.75, 3.05) is 7.11 Å². The van der Waals surface area contributed by atoms with Crippen molar-refractivity contribution < 1.29 is 4.74 Å². The SMILES string of the molecule is CC[C@H](c1nnnn1C1CCCC1)N(Cc1ccccc1OC)Cc1cc2cc(C)cc(C)c2[nH]c1=O. The summed E-state index contributed by atoms with van der Waals surface area (Å²) >= 11 is 0. The number of aromatic nitrogens is 5. The van der Waals surface area contributed by atoms with Crippen molar-refractivity contribution in [3.05, 3.63) is 80.9 Å². The number of aromatic amines is 1. The average Bonchev–Trinajstić information content (AvgIpc) is 3.58. The van der Waals surface area contributed by atoms with Crippen LogP contribution in [-0.4, -0.2) is 37.2 Å². The highest BCUT2D eigenvalue weighted by molar-refractivity contribution is 5.82. The summed E-state index contributed by atoms with van der Waals surface area (Å²) in [6, 6.07) is 14.6. The van der Waals surface area contributed by atoms with Gasteiger partial charge in [0.05, 0.1) is 24.7 Å². The lowest BCUT2D eigenvalue weighted by Crippen LogP contribution is -2.33. The molecule has 1 atom stereocenters. The van der Waals surface area contributed by atoms with Crippen molar-refractivity contribution >= 4 is 10.9 Å². The fourth-order valence-corrected chi connectivity index (χ4v) is 5.83. The lowest BCUT2D eigenvalue weighted by atomic mass is 10.0. The summed E-state index contributed by atoms with van der Waals surface area (Å²) < 4.78 is 7.71. The first-order chi connectivity index (χ1) is 18.0. The van der Waals surface area contributed by atoms with Gasteiger partial charge in [-0.1, -0.05) is 49.6 Å². The number of pyridine rings is 1. The first-order valence-electron chi connectivity index (χ1n) is 13.2. The van der Waals surface area contributed by atoms with Crippen molar-refractivity contribution in [3.8, 4) is 5.75 Å². The number of ether oxygens (including phenoxy) is 1. The summed E-state index contributed by atoms with van der Waals surface area (Å²) in [6.07, 6.45) is 5.42. The van der Waals surface area contributed by atoms with Gasteiger partial charge in [-0.25, -0.2) is 4.68 Å². The number of methoxy groups -OCH3 is 1. The highest BCUT2D eigenvalue weighted by Crippen LogP contribution is 2.34. The monoisotopic (exact) mass is 500 g/mol. The van der Waals surface area contributed by atoms with E-state index >= 15 is 0 Å². The Morgan fingerprint density at radius 1 is 1.11 bits per heavy atom. The van der Waals surface area contributed by atoms with E-state index in [1.165, 1.54) is 18.4 Å². The molecule has 1 saturated carbocycles. The molecule has 0 radical (unpaired) electrons. The Morgan fingerprint density at radius 3 is 2.62 bits per heavy atom. The standard InChI is InChI=1S/C29H36N6O2/c1-5-25(28-31-32-33-35(28)24-11-7-8-12-24)34(17-21-10-6-9-13-26(21)37-4)18-23-16-22-15-19(2)14-20(3)27(22)30-29(23)36/h6,9-10,13-16,24-25H,5,7-8,11-12,17-18H2,1-4H3,(H,30,36)/t25-/m1/s1. The number of para-hydroxylation sites is 1. The highest BCUT2D eigenvalue weighted by atomic mass is 16.5. The molecule has 1 N–H and O–H groups in total. The highest BCUT2D eigenvalue weighted by Gasteiger charge is 2.30. The number of benzene rings is 2. The molecule has 2 heterocycles. The van der Waals surface area contributed by atoms with E-state index in [4.69, 9.17) is 4.74 Å². The van der Waals surface area contributed by atoms with E-state index in [-0.39, 0.29) is 11.6 Å². The average molecular weight is 501 g/mol. The van der Waals surface area contributed by atoms with E-state index in [0.29, 0.717) is 19.1 Å². The fourth-order valence-electron chi connectivity index (χ4n) is 5.83. The van der Waals surface area contributed by atoms with E-state index in [1.54, 1.807) is 7.11 Å². The number of fused-ring (bicyclic) bond motifs is 1. The van der Waals surface area contributed by atoms with Gasteiger partial charge in [0.25, 0.3) is 5.56 Å². The van der Waals surface area contributed by atoms with Gasteiger partial charge in [-0.05, 0) is 72.7 Å². The van der Waals surface area contributed by atoms with Gasteiger partial charge in [-0.3, -0.25) is 9.69 Å². The number of rotatable bonds is 9. The van der Waals surface area contributed by atoms with Crippen LogP contribution in [0, 0.1) is 13.8 Å². The van der Waals surface area contributed by atoms with Crippen LogP contribution < -0.4 is 10.3 Å². The smallest absolute Gasteiger partial charge is 0.252 e. The maximum absolute atomic E-state index is 13.3. The molecule has 0 amide bonds. The molecule has 2 aromatic carbocycles. The third kappa shape index (κ3) is 5.16. The third-order valence-corrected chi connectivity index (χ3v) is 7.62. The van der Waals surface area contributed by atoms with Crippen LogP contribution in [0.1, 0.15) is 79.2 Å². The molecule has 8 heteroatoms. The second kappa shape index (κ2) is 10.8. The number of nitrogens with one attached hydrogen (secondary N) is 1. The molecular weight excluding hydrogens is 464 g/mol. The van der Waals surface area contributed by atoms with E-state index in [9.17, 15) is 4.79 Å². The predicted molar refractivity (Wildman–Crippen MR) is 145 cm³/mol. The maximum Gasteiger partial charge on any atom is 0.252 e. The van der Waals surface area contributed by atoms with Gasteiger partial charge in [-0.15, -0.1) is 5.10 Å². The summed E-state index contributed by atoms with van der Waals surface area (Å²) in [5.74, 6) is 1.70. The number of hydrogen-bond acceptors (Lipinski definition) is 6. The van der Waals surface area contributed by atoms with Crippen molar-refractivity contribution in [2.45, 2.75) is 78.0 Å². The predicted octanol–water partition coefficient (Wildman–Crippen LogP) is 5.41. The van der Waals surface area contributed by atoms with Gasteiger partial charge in [0.2, 0.25) is 0 Å². The molecule has 0 spiro atoms. The van der Waals surface area contributed by atoms with Gasteiger partial charge in [0.15, 0.2) is 5.82 Å². The summed E-state index contributed by atoms with van der Waals surface area (Å²) in [4.78, 5) is 18.8. The summed E-state index contributed by atoms with van der Waals surface area (Å²) in [5.41, 5.74) is 4.88. The number of H-pyrrole nitrogens is 1. The van der Waals surface area contributed by atoms with Crippen LogP contribution in [0.3, 0.4) is 0 Å². The van der Waals surface area contributed by atoms with Gasteiger partial charge in [0.1, 0.15) is 5.75 Å². The molecule has 0 unspecified atom stereocenters. The fraction of sp³-hybridized carbons (Fsp3) is 0.448. The lowest BCUT2D eigenvalue weighted by Gasteiger charge is -2.31. The molecule has 194 valence electrons. The van der Waals surface area contributed by atoms with Crippen molar-refractivity contribution in [1.82, 2.24) is 30.1 Å². The molecular formula is C29H36N6O2. The zero-order valence-electron chi connectivity index (χ0n) is 22.2. The van der Waals surface area contributed by atoms with Crippen LogP contribution in [0.15, 0.2) is 47.3 Å². The number of tetrazole rings is 1. The number of aryl methyl sites for hydroxylation is 2. The Morgan fingerprint density at radius 2 is 1.86 bits per heavy atom. The largest absolute Gasteiger partial charge is 0.496 e. The van der Waals surface area contributed by atoms with Crippen LogP contribution >= 0.6 is 0 Å². The lowest BCUT2D eigenvalue weighted by molar-refractivity contribution is 0.156. The molecule has 37 heavy (non-hydrogen) atoms. The zero-order valence-corrected chi connectivity index (χ0v) is 22.2. The molecule has 1 fully saturated rings. The van der Waals surface area contributed by atoms with Crippen LogP contribution in [0.5, 0.6) is 5.75 Å². The van der Waals surface area contributed by atoms with Gasteiger partial charge < -0.3 is 9.72 Å². The zero-order chi connectivity index (χ0) is 25.9. The summed E-state index contributed by atoms with van der Waals surface area (Å²) in [5, 5.41) is 14.1. The first kappa shape index (κ1) is 25.1. The minimum Gasteiger partial charge on any atom is -0.496 e. The topological polar surface area (TPSA) is 88.9 Å². The first-order valence-corrected chi connectivity index (χ1v) is 13.2. The molecule has 0 bridgehead atoms. The van der Waals surface area contributed by atoms with E-state index < -0.39 is 0 Å². The van der Waals surface area contributed by atoms with E-state index in [1.807, 2.05) is 35.9 Å². The van der Waals surface area contributed by atoms with Crippen LogP contribution in [0.4, 0.5) is 0 Å². The van der Waals surface area contributed by atoms with E-state index in [0.717, 1.165) is 58.4 Å². The van der Waals surface area contributed by atoms with Gasteiger partial charge in [0, 0.05) is 24.2 Å². The minimum atomic E-state index is -0.0604. The Labute approximate surface area is 217 Å². The maximum atomic E-state index is 13.3. The van der Waals surface area contributed by atoms with Gasteiger partial charge in [-0.2, -0.15) is 0 Å². The number of hydrogen-bond donors (Lipinski definition) is 1. The molecule has 1 aliphatic rings. The molecule has 8 nitrogen and oxygen atoms in total. The Hall–Kier alpha value is -3.52. The number of nitrogens with zero attached hydrogens (tertiary/aromatic N) is 5. The Kier molecular flexibility index (Phi) is 7.37. The van der Waals surface area contributed by atoms with Crippen LogP contribution in [0.25, 0.3) is 10.9 Å². The Balaban J connectivity index is 1.57. The quantitative estimate of drug-likeness (QED) is 0.331. The summed E-state index contributed by atoms with van der Waals surface area (Å²) in [6.45, 7) is 7.34. The molecule has 1 aliphatic carbocycles. The van der Waals surface area contributed by atoms with Crippen molar-refractivity contribution in [2.24, 2.45) is 0 Å². The molecule has 0 aliphatic heterocycles. The van der Waals surface area contributed by atoms with E-state index in [2.05, 4.69) is 57.5 Å². The minimum absolute atomic E-state index is 0.0603. The molecule has 0 saturated heterocycles. The Bertz CT molecular complexity index is 1440.